The fraction of sp³-hybridized carbons (Fsp3) is 0.292. The van der Waals surface area contributed by atoms with Crippen LogP contribution in [-0.4, -0.2) is 36.2 Å². The van der Waals surface area contributed by atoms with Crippen molar-refractivity contribution in [2.24, 2.45) is 0 Å². The lowest BCUT2D eigenvalue weighted by Gasteiger charge is -2.18. The van der Waals surface area contributed by atoms with Gasteiger partial charge in [-0.3, -0.25) is 0 Å². The minimum Gasteiger partial charge on any atom is -0.435 e. The zero-order chi connectivity index (χ0) is 24.2. The Labute approximate surface area is 198 Å². The Balaban J connectivity index is 1.62. The molecule has 176 valence electrons. The van der Waals surface area contributed by atoms with Gasteiger partial charge in [0.05, 0.1) is 17.5 Å². The minimum atomic E-state index is -2.99. The highest BCUT2D eigenvalue weighted by atomic mass is 35.5. The van der Waals surface area contributed by atoms with Gasteiger partial charge in [-0.05, 0) is 50.6 Å². The number of halogens is 3. The molecule has 0 saturated heterocycles. The Bertz CT molecular complexity index is 1370. The highest BCUT2D eigenvalue weighted by Crippen LogP contribution is 2.47. The number of ether oxygens (including phenoxy) is 1. The maximum absolute atomic E-state index is 13.0. The van der Waals surface area contributed by atoms with Gasteiger partial charge in [0.2, 0.25) is 0 Å². The van der Waals surface area contributed by atoms with Crippen LogP contribution in [0, 0.1) is 0 Å². The second-order valence-electron chi connectivity index (χ2n) is 8.75. The first-order valence-electron chi connectivity index (χ1n) is 10.6. The van der Waals surface area contributed by atoms with Crippen molar-refractivity contribution in [2.75, 3.05) is 0 Å². The number of pyridine rings is 1. The van der Waals surface area contributed by atoms with Crippen LogP contribution in [0.4, 0.5) is 8.78 Å². The molecule has 5 rings (SSSR count). The van der Waals surface area contributed by atoms with Crippen molar-refractivity contribution >= 4 is 17.2 Å². The van der Waals surface area contributed by atoms with Gasteiger partial charge in [-0.15, -0.1) is 0 Å². The number of aliphatic hydroxyl groups excluding tert-OH is 1. The van der Waals surface area contributed by atoms with Gasteiger partial charge < -0.3 is 19.4 Å². The van der Waals surface area contributed by atoms with Crippen molar-refractivity contribution in [3.05, 3.63) is 76.7 Å². The largest absolute Gasteiger partial charge is 0.435 e. The zero-order valence-electron chi connectivity index (χ0n) is 18.3. The molecule has 2 unspecified atom stereocenters. The summed E-state index contributed by atoms with van der Waals surface area (Å²) in [7, 11) is 0. The molecule has 0 radical (unpaired) electrons. The van der Waals surface area contributed by atoms with E-state index in [4.69, 9.17) is 16.3 Å². The van der Waals surface area contributed by atoms with Crippen molar-refractivity contribution in [3.8, 4) is 16.9 Å². The highest BCUT2D eigenvalue weighted by molar-refractivity contribution is 6.30. The summed E-state index contributed by atoms with van der Waals surface area (Å²) in [4.78, 5) is 13.1. The van der Waals surface area contributed by atoms with Crippen molar-refractivity contribution < 1.29 is 23.7 Å². The number of aliphatic hydroxyl groups is 2. The van der Waals surface area contributed by atoms with E-state index in [1.54, 1.807) is 38.4 Å². The summed E-state index contributed by atoms with van der Waals surface area (Å²) in [6.07, 6.45) is 4.48. The van der Waals surface area contributed by atoms with Gasteiger partial charge >= 0.3 is 6.61 Å². The molecule has 0 fully saturated rings. The quantitative estimate of drug-likeness (QED) is 0.419. The summed E-state index contributed by atoms with van der Waals surface area (Å²) in [5.74, 6) is -0.153. The van der Waals surface area contributed by atoms with Gasteiger partial charge in [-0.1, -0.05) is 11.6 Å². The number of aromatic nitrogens is 4. The van der Waals surface area contributed by atoms with Crippen molar-refractivity contribution in [2.45, 2.75) is 44.5 Å². The number of alkyl halides is 2. The minimum absolute atomic E-state index is 0.00571. The molecule has 1 aliphatic carbocycles. The average Bonchev–Trinajstić information content (AvgIpc) is 3.31. The van der Waals surface area contributed by atoms with E-state index in [1.807, 2.05) is 16.7 Å². The summed E-state index contributed by atoms with van der Waals surface area (Å²) in [6.45, 7) is 0.220. The Morgan fingerprint density at radius 1 is 1.15 bits per heavy atom. The summed E-state index contributed by atoms with van der Waals surface area (Å²) >= 11 is 6.18. The van der Waals surface area contributed by atoms with E-state index in [-0.39, 0.29) is 12.2 Å². The number of imidazole rings is 1. The molecular formula is C24H21ClF2N4O3. The number of benzene rings is 1. The van der Waals surface area contributed by atoms with Crippen LogP contribution < -0.4 is 4.74 Å². The molecule has 0 saturated carbocycles. The molecule has 4 aromatic rings. The SMILES string of the molecule is CC(C)(O)c1ncc(-c2ccc3nc4c(n3c2)C(c2cc(Cl)ccc2OC(F)F)CC4O)cn1. The lowest BCUT2D eigenvalue weighted by atomic mass is 9.95. The number of hydrogen-bond donors (Lipinski definition) is 2. The second kappa shape index (κ2) is 8.26. The third-order valence-electron chi connectivity index (χ3n) is 5.88. The summed E-state index contributed by atoms with van der Waals surface area (Å²) in [5.41, 5.74) is 2.56. The molecule has 10 heteroatoms. The monoisotopic (exact) mass is 486 g/mol. The first-order chi connectivity index (χ1) is 16.1. The molecule has 0 spiro atoms. The molecule has 0 bridgehead atoms. The van der Waals surface area contributed by atoms with Crippen LogP contribution in [-0.2, 0) is 5.60 Å². The van der Waals surface area contributed by atoms with Crippen LogP contribution in [0.15, 0.2) is 48.9 Å². The Hall–Kier alpha value is -3.14. The topological polar surface area (TPSA) is 92.8 Å². The summed E-state index contributed by atoms with van der Waals surface area (Å²) < 4.78 is 32.7. The molecule has 2 atom stereocenters. The third-order valence-corrected chi connectivity index (χ3v) is 6.12. The van der Waals surface area contributed by atoms with E-state index in [1.165, 1.54) is 12.1 Å². The van der Waals surface area contributed by atoms with Crippen LogP contribution in [0.5, 0.6) is 5.75 Å². The smallest absolute Gasteiger partial charge is 0.387 e. The second-order valence-corrected chi connectivity index (χ2v) is 9.18. The van der Waals surface area contributed by atoms with Gasteiger partial charge in [0.25, 0.3) is 0 Å². The molecule has 1 aliphatic rings. The molecule has 1 aromatic carbocycles. The van der Waals surface area contributed by atoms with Crippen LogP contribution in [0.1, 0.15) is 55.1 Å². The Morgan fingerprint density at radius 3 is 2.56 bits per heavy atom. The van der Waals surface area contributed by atoms with Gasteiger partial charge in [0.15, 0.2) is 5.82 Å². The molecule has 34 heavy (non-hydrogen) atoms. The first kappa shape index (κ1) is 22.6. The van der Waals surface area contributed by atoms with Crippen LogP contribution in [0.2, 0.25) is 5.02 Å². The van der Waals surface area contributed by atoms with Gasteiger partial charge in [-0.2, -0.15) is 8.78 Å². The fourth-order valence-electron chi connectivity index (χ4n) is 4.35. The van der Waals surface area contributed by atoms with Gasteiger partial charge in [0.1, 0.15) is 17.0 Å². The molecular weight excluding hydrogens is 466 g/mol. The predicted molar refractivity (Wildman–Crippen MR) is 121 cm³/mol. The highest BCUT2D eigenvalue weighted by Gasteiger charge is 2.37. The number of fused-ring (bicyclic) bond motifs is 3. The zero-order valence-corrected chi connectivity index (χ0v) is 19.0. The number of hydrogen-bond acceptors (Lipinski definition) is 6. The van der Waals surface area contributed by atoms with E-state index >= 15 is 0 Å². The number of nitrogens with zero attached hydrogens (tertiary/aromatic N) is 4. The maximum Gasteiger partial charge on any atom is 0.387 e. The van der Waals surface area contributed by atoms with E-state index in [0.29, 0.717) is 33.4 Å². The van der Waals surface area contributed by atoms with Crippen molar-refractivity contribution in [1.82, 2.24) is 19.4 Å². The third kappa shape index (κ3) is 4.00. The Kier molecular flexibility index (Phi) is 5.50. The predicted octanol–water partition coefficient (Wildman–Crippen LogP) is 4.84. The van der Waals surface area contributed by atoms with Gasteiger partial charge in [-0.25, -0.2) is 15.0 Å². The van der Waals surface area contributed by atoms with E-state index in [2.05, 4.69) is 15.0 Å². The molecule has 0 aliphatic heterocycles. The molecule has 2 N–H and O–H groups in total. The van der Waals surface area contributed by atoms with Gasteiger partial charge in [0, 0.05) is 46.2 Å². The average molecular weight is 487 g/mol. The normalized spacial score (nSPS) is 18.0. The lowest BCUT2D eigenvalue weighted by Crippen LogP contribution is -2.19. The van der Waals surface area contributed by atoms with Crippen LogP contribution >= 0.6 is 11.6 Å². The molecule has 0 amide bonds. The van der Waals surface area contributed by atoms with E-state index in [0.717, 1.165) is 11.1 Å². The van der Waals surface area contributed by atoms with E-state index in [9.17, 15) is 19.0 Å². The molecule has 3 aromatic heterocycles. The summed E-state index contributed by atoms with van der Waals surface area (Å²) in [6, 6.07) is 8.13. The van der Waals surface area contributed by atoms with Crippen LogP contribution in [0.25, 0.3) is 16.8 Å². The molecule has 3 heterocycles. The molecule has 7 nitrogen and oxygen atoms in total. The standard InChI is InChI=1S/C24H21ClF2N4O3/c1-24(2,33)22-28-9-13(10-29-22)12-3-6-19-30-20-17(32)8-16(21(20)31(19)11-12)15-7-14(25)4-5-18(15)34-23(26)27/h3-7,9-11,16-17,23,32-33H,8H2,1-2H3. The van der Waals surface area contributed by atoms with Crippen molar-refractivity contribution in [3.63, 3.8) is 0 Å². The van der Waals surface area contributed by atoms with Crippen molar-refractivity contribution in [1.29, 1.82) is 0 Å². The summed E-state index contributed by atoms with van der Waals surface area (Å²) in [5, 5.41) is 21.2. The van der Waals surface area contributed by atoms with Crippen LogP contribution in [0.3, 0.4) is 0 Å². The first-order valence-corrected chi connectivity index (χ1v) is 11.0. The number of rotatable bonds is 5. The fourth-order valence-corrected chi connectivity index (χ4v) is 4.53. The Morgan fingerprint density at radius 2 is 1.88 bits per heavy atom. The lowest BCUT2D eigenvalue weighted by molar-refractivity contribution is -0.0506. The maximum atomic E-state index is 13.0. The van der Waals surface area contributed by atoms with E-state index < -0.39 is 24.2 Å².